The van der Waals surface area contributed by atoms with Crippen LogP contribution in [-0.4, -0.2) is 25.6 Å². The second-order valence-corrected chi connectivity index (χ2v) is 5.76. The van der Waals surface area contributed by atoms with E-state index in [1.807, 2.05) is 19.9 Å². The molecule has 0 aliphatic rings. The first kappa shape index (κ1) is 17.8. The minimum absolute atomic E-state index is 0.377. The van der Waals surface area contributed by atoms with E-state index < -0.39 is 11.9 Å². The van der Waals surface area contributed by atoms with Crippen molar-refractivity contribution in [1.29, 1.82) is 0 Å². The van der Waals surface area contributed by atoms with Crippen LogP contribution in [0.25, 0.3) is 0 Å². The van der Waals surface area contributed by atoms with Crippen LogP contribution >= 0.6 is 11.6 Å². The molecule has 0 aliphatic carbocycles. The van der Waals surface area contributed by atoms with Gasteiger partial charge >= 0.3 is 5.97 Å². The smallest absolute Gasteiger partial charge is 0.338 e. The van der Waals surface area contributed by atoms with Crippen LogP contribution in [0.2, 0.25) is 5.02 Å². The Morgan fingerprint density at radius 3 is 2.33 bits per heavy atom. The summed E-state index contributed by atoms with van der Waals surface area (Å²) < 4.78 is 10.1. The predicted octanol–water partition coefficient (Wildman–Crippen LogP) is 3.76. The Balaban J connectivity index is 1.93. The highest BCUT2D eigenvalue weighted by atomic mass is 35.5. The lowest BCUT2D eigenvalue weighted by molar-refractivity contribution is -0.119. The van der Waals surface area contributed by atoms with Crippen molar-refractivity contribution in [3.05, 3.63) is 58.1 Å². The number of halogens is 1. The number of benzene rings is 2. The normalized spacial score (nSPS) is 10.2. The van der Waals surface area contributed by atoms with Crippen molar-refractivity contribution in [3.8, 4) is 5.75 Å². The fourth-order valence-electron chi connectivity index (χ4n) is 2.25. The molecule has 6 heteroatoms. The summed E-state index contributed by atoms with van der Waals surface area (Å²) in [5, 5.41) is 2.98. The molecule has 1 N–H and O–H groups in total. The molecule has 0 fully saturated rings. The summed E-state index contributed by atoms with van der Waals surface area (Å²) >= 11 is 5.99. The third-order valence-electron chi connectivity index (χ3n) is 3.23. The molecule has 2 aromatic carbocycles. The van der Waals surface area contributed by atoms with Crippen molar-refractivity contribution in [2.75, 3.05) is 19.0 Å². The molecule has 0 spiro atoms. The Morgan fingerprint density at radius 2 is 1.75 bits per heavy atom. The number of anilines is 1. The van der Waals surface area contributed by atoms with Gasteiger partial charge in [0.1, 0.15) is 5.75 Å². The quantitative estimate of drug-likeness (QED) is 0.836. The van der Waals surface area contributed by atoms with Crippen LogP contribution in [-0.2, 0) is 9.53 Å². The van der Waals surface area contributed by atoms with E-state index in [4.69, 9.17) is 21.1 Å². The molecule has 1 amide bonds. The van der Waals surface area contributed by atoms with Crippen LogP contribution in [0.15, 0.2) is 36.4 Å². The topological polar surface area (TPSA) is 64.6 Å². The lowest BCUT2D eigenvalue weighted by atomic mass is 10.1. The molecule has 0 aromatic heterocycles. The summed E-state index contributed by atoms with van der Waals surface area (Å²) in [4.78, 5) is 23.9. The molecule has 0 unspecified atom stereocenters. The van der Waals surface area contributed by atoms with Gasteiger partial charge in [-0.25, -0.2) is 4.79 Å². The van der Waals surface area contributed by atoms with Gasteiger partial charge in [0.15, 0.2) is 6.61 Å². The molecule has 0 saturated carbocycles. The Labute approximate surface area is 145 Å². The van der Waals surface area contributed by atoms with Gasteiger partial charge < -0.3 is 14.8 Å². The van der Waals surface area contributed by atoms with Crippen molar-refractivity contribution < 1.29 is 19.1 Å². The molecular formula is C18H18ClNO4. The third kappa shape index (κ3) is 4.73. The molecule has 0 heterocycles. The van der Waals surface area contributed by atoms with E-state index in [-0.39, 0.29) is 6.61 Å². The molecule has 2 rings (SSSR count). The number of methoxy groups -OCH3 is 1. The number of hydrogen-bond acceptors (Lipinski definition) is 4. The SMILES string of the molecule is COc1ccc(NC(=O)COC(=O)c2cc(C)cc(C)c2)cc1Cl. The van der Waals surface area contributed by atoms with Crippen LogP contribution in [0.1, 0.15) is 21.5 Å². The van der Waals surface area contributed by atoms with Gasteiger partial charge in [0.2, 0.25) is 0 Å². The maximum atomic E-state index is 12.0. The first-order chi connectivity index (χ1) is 11.4. The van der Waals surface area contributed by atoms with E-state index in [1.165, 1.54) is 7.11 Å². The number of carbonyl (C=O) groups excluding carboxylic acids is 2. The minimum atomic E-state index is -0.537. The number of amides is 1. The summed E-state index contributed by atoms with van der Waals surface area (Å²) in [5.74, 6) is -0.477. The number of hydrogen-bond donors (Lipinski definition) is 1. The first-order valence-electron chi connectivity index (χ1n) is 7.28. The monoisotopic (exact) mass is 347 g/mol. The zero-order chi connectivity index (χ0) is 17.7. The van der Waals surface area contributed by atoms with Gasteiger partial charge in [0.25, 0.3) is 5.91 Å². The van der Waals surface area contributed by atoms with E-state index >= 15 is 0 Å². The number of aryl methyl sites for hydroxylation is 2. The second-order valence-electron chi connectivity index (χ2n) is 5.35. The van der Waals surface area contributed by atoms with Gasteiger partial charge in [-0.3, -0.25) is 4.79 Å². The van der Waals surface area contributed by atoms with E-state index in [0.29, 0.717) is 22.0 Å². The standard InChI is InChI=1S/C18H18ClNO4/c1-11-6-12(2)8-13(7-11)18(22)24-10-17(21)20-14-4-5-16(23-3)15(19)9-14/h4-9H,10H2,1-3H3,(H,20,21). The molecule has 0 bridgehead atoms. The number of rotatable bonds is 5. The largest absolute Gasteiger partial charge is 0.495 e. The van der Waals surface area contributed by atoms with Crippen molar-refractivity contribution in [2.24, 2.45) is 0 Å². The van der Waals surface area contributed by atoms with Gasteiger partial charge in [-0.2, -0.15) is 0 Å². The summed E-state index contributed by atoms with van der Waals surface area (Å²) in [6.45, 7) is 3.41. The number of esters is 1. The van der Waals surface area contributed by atoms with Crippen LogP contribution < -0.4 is 10.1 Å². The molecule has 0 radical (unpaired) electrons. The Bertz CT molecular complexity index is 753. The second kappa shape index (κ2) is 7.84. The van der Waals surface area contributed by atoms with Gasteiger partial charge in [-0.15, -0.1) is 0 Å². The summed E-state index contributed by atoms with van der Waals surface area (Å²) in [7, 11) is 1.51. The highest BCUT2D eigenvalue weighted by Crippen LogP contribution is 2.27. The highest BCUT2D eigenvalue weighted by molar-refractivity contribution is 6.32. The lowest BCUT2D eigenvalue weighted by Gasteiger charge is -2.09. The molecule has 0 atom stereocenters. The van der Waals surface area contributed by atoms with E-state index in [2.05, 4.69) is 5.32 Å². The molecule has 0 saturated heterocycles. The van der Waals surface area contributed by atoms with Crippen molar-refractivity contribution in [1.82, 2.24) is 0 Å². The average Bonchev–Trinajstić information content (AvgIpc) is 2.52. The summed E-state index contributed by atoms with van der Waals surface area (Å²) in [5.41, 5.74) is 2.83. The van der Waals surface area contributed by atoms with Gasteiger partial charge in [0, 0.05) is 5.69 Å². The van der Waals surface area contributed by atoms with E-state index in [9.17, 15) is 9.59 Å². The number of ether oxygens (including phenoxy) is 2. The fourth-order valence-corrected chi connectivity index (χ4v) is 2.51. The zero-order valence-electron chi connectivity index (χ0n) is 13.7. The maximum Gasteiger partial charge on any atom is 0.338 e. The number of carbonyl (C=O) groups is 2. The average molecular weight is 348 g/mol. The zero-order valence-corrected chi connectivity index (χ0v) is 14.4. The van der Waals surface area contributed by atoms with E-state index in [1.54, 1.807) is 30.3 Å². The van der Waals surface area contributed by atoms with Crippen LogP contribution in [0.5, 0.6) is 5.75 Å². The third-order valence-corrected chi connectivity index (χ3v) is 3.52. The fraction of sp³-hybridized carbons (Fsp3) is 0.222. The Hall–Kier alpha value is -2.53. The highest BCUT2D eigenvalue weighted by Gasteiger charge is 2.12. The lowest BCUT2D eigenvalue weighted by Crippen LogP contribution is -2.21. The molecule has 2 aromatic rings. The first-order valence-corrected chi connectivity index (χ1v) is 7.65. The molecule has 126 valence electrons. The van der Waals surface area contributed by atoms with Crippen LogP contribution in [0.4, 0.5) is 5.69 Å². The minimum Gasteiger partial charge on any atom is -0.495 e. The molecule has 0 aliphatic heterocycles. The Kier molecular flexibility index (Phi) is 5.82. The summed E-state index contributed by atoms with van der Waals surface area (Å²) in [6.07, 6.45) is 0. The predicted molar refractivity (Wildman–Crippen MR) is 92.8 cm³/mol. The van der Waals surface area contributed by atoms with Crippen LogP contribution in [0, 0.1) is 13.8 Å². The molecule has 24 heavy (non-hydrogen) atoms. The van der Waals surface area contributed by atoms with Crippen molar-refractivity contribution >= 4 is 29.2 Å². The van der Waals surface area contributed by atoms with Gasteiger partial charge in [-0.05, 0) is 44.2 Å². The van der Waals surface area contributed by atoms with Gasteiger partial charge in [-0.1, -0.05) is 28.8 Å². The Morgan fingerprint density at radius 1 is 1.08 bits per heavy atom. The molecular weight excluding hydrogens is 330 g/mol. The van der Waals surface area contributed by atoms with Crippen molar-refractivity contribution in [2.45, 2.75) is 13.8 Å². The van der Waals surface area contributed by atoms with Gasteiger partial charge in [0.05, 0.1) is 17.7 Å². The molecule has 5 nitrogen and oxygen atoms in total. The number of nitrogens with one attached hydrogen (secondary N) is 1. The van der Waals surface area contributed by atoms with Crippen LogP contribution in [0.3, 0.4) is 0 Å². The van der Waals surface area contributed by atoms with Crippen molar-refractivity contribution in [3.63, 3.8) is 0 Å². The van der Waals surface area contributed by atoms with E-state index in [0.717, 1.165) is 11.1 Å². The maximum absolute atomic E-state index is 12.0. The summed E-state index contributed by atoms with van der Waals surface area (Å²) in [6, 6.07) is 10.2.